The smallest absolute Gasteiger partial charge is 0.311 e. The monoisotopic (exact) mass is 428 g/mol. The lowest BCUT2D eigenvalue weighted by Gasteiger charge is -2.10. The molecule has 0 unspecified atom stereocenters. The minimum absolute atomic E-state index is 0.0297. The van der Waals surface area contributed by atoms with Crippen molar-refractivity contribution >= 4 is 29.0 Å². The number of benzene rings is 2. The van der Waals surface area contributed by atoms with Crippen molar-refractivity contribution in [2.24, 2.45) is 0 Å². The molecule has 0 aliphatic rings. The number of nitro benzene ring substituents is 1. The number of nitro groups is 1. The largest absolute Gasteiger partial charge is 0.490 e. The van der Waals surface area contributed by atoms with Gasteiger partial charge in [0.15, 0.2) is 11.6 Å². The summed E-state index contributed by atoms with van der Waals surface area (Å²) < 4.78 is 6.38. The van der Waals surface area contributed by atoms with Gasteiger partial charge in [-0.05, 0) is 19.4 Å². The summed E-state index contributed by atoms with van der Waals surface area (Å²) in [5.74, 6) is 6.35. The predicted molar refractivity (Wildman–Crippen MR) is 114 cm³/mol. The zero-order chi connectivity index (χ0) is 21.8. The van der Waals surface area contributed by atoms with E-state index in [9.17, 15) is 14.9 Å². The molecule has 11 heteroatoms. The second-order valence-corrected chi connectivity index (χ2v) is 7.42. The normalized spacial score (nSPS) is 10.6. The summed E-state index contributed by atoms with van der Waals surface area (Å²) in [6.45, 7) is 3.65. The molecular formula is C19H20N6O4S. The third-order valence-corrected chi connectivity index (χ3v) is 5.25. The van der Waals surface area contributed by atoms with E-state index < -0.39 is 4.92 Å². The lowest BCUT2D eigenvalue weighted by Crippen LogP contribution is -2.17. The third-order valence-electron chi connectivity index (χ3n) is 4.30. The topological polar surface area (TPSA) is 138 Å². The first-order chi connectivity index (χ1) is 14.3. The molecule has 0 saturated heterocycles. The maximum Gasteiger partial charge on any atom is 0.311 e. The standard InChI is InChI=1S/C19H20N6O4S/c1-11-4-6-13(7-5-11)18-22-23-19(24(18)20)30-10-17(26)21-14-9-16(29-3)15(25(27)28)8-12(14)2/h4-9H,10,20H2,1-3H3,(H,21,26). The Morgan fingerprint density at radius 1 is 1.27 bits per heavy atom. The van der Waals surface area contributed by atoms with E-state index in [4.69, 9.17) is 10.6 Å². The summed E-state index contributed by atoms with van der Waals surface area (Å²) in [4.78, 5) is 22.9. The highest BCUT2D eigenvalue weighted by molar-refractivity contribution is 7.99. The van der Waals surface area contributed by atoms with Gasteiger partial charge >= 0.3 is 5.69 Å². The van der Waals surface area contributed by atoms with Crippen molar-refractivity contribution in [2.75, 3.05) is 24.0 Å². The first kappa shape index (κ1) is 21.1. The Labute approximate surface area is 176 Å². The van der Waals surface area contributed by atoms with E-state index in [2.05, 4.69) is 15.5 Å². The second-order valence-electron chi connectivity index (χ2n) is 6.48. The lowest BCUT2D eigenvalue weighted by atomic mass is 10.1. The van der Waals surface area contributed by atoms with Crippen LogP contribution in [0.3, 0.4) is 0 Å². The summed E-state index contributed by atoms with van der Waals surface area (Å²) in [5, 5.41) is 22.3. The summed E-state index contributed by atoms with van der Waals surface area (Å²) >= 11 is 1.13. The average Bonchev–Trinajstić information content (AvgIpc) is 3.08. The van der Waals surface area contributed by atoms with Crippen molar-refractivity contribution in [1.29, 1.82) is 0 Å². The van der Waals surface area contributed by atoms with Crippen LogP contribution in [-0.4, -0.2) is 38.6 Å². The van der Waals surface area contributed by atoms with Crippen LogP contribution >= 0.6 is 11.8 Å². The summed E-state index contributed by atoms with van der Waals surface area (Å²) in [5.41, 5.74) is 2.75. The number of carbonyl (C=O) groups excluding carboxylic acids is 1. The van der Waals surface area contributed by atoms with Crippen molar-refractivity contribution in [2.45, 2.75) is 19.0 Å². The number of aromatic nitrogens is 3. The Balaban J connectivity index is 1.68. The Morgan fingerprint density at radius 3 is 2.60 bits per heavy atom. The van der Waals surface area contributed by atoms with Crippen LogP contribution in [0.25, 0.3) is 11.4 Å². The van der Waals surface area contributed by atoms with Gasteiger partial charge in [-0.3, -0.25) is 14.9 Å². The molecule has 1 amide bonds. The number of ether oxygens (including phenoxy) is 1. The van der Waals surface area contributed by atoms with Crippen molar-refractivity contribution in [1.82, 2.24) is 14.9 Å². The molecule has 0 bridgehead atoms. The molecular weight excluding hydrogens is 408 g/mol. The van der Waals surface area contributed by atoms with Gasteiger partial charge in [-0.1, -0.05) is 41.6 Å². The quantitative estimate of drug-likeness (QED) is 0.253. The Kier molecular flexibility index (Phi) is 6.21. The van der Waals surface area contributed by atoms with Gasteiger partial charge in [-0.15, -0.1) is 10.2 Å². The van der Waals surface area contributed by atoms with Crippen molar-refractivity contribution in [3.63, 3.8) is 0 Å². The number of nitrogens with zero attached hydrogens (tertiary/aromatic N) is 4. The van der Waals surface area contributed by atoms with Crippen LogP contribution in [-0.2, 0) is 4.79 Å². The van der Waals surface area contributed by atoms with Crippen LogP contribution in [0.5, 0.6) is 5.75 Å². The van der Waals surface area contributed by atoms with E-state index in [0.717, 1.165) is 22.9 Å². The first-order valence-electron chi connectivity index (χ1n) is 8.83. The van der Waals surface area contributed by atoms with E-state index in [1.807, 2.05) is 31.2 Å². The molecule has 0 aliphatic carbocycles. The fourth-order valence-corrected chi connectivity index (χ4v) is 3.36. The number of methoxy groups -OCH3 is 1. The number of aryl methyl sites for hydroxylation is 2. The number of nitrogen functional groups attached to an aromatic ring is 1. The van der Waals surface area contributed by atoms with Gasteiger partial charge in [0.1, 0.15) is 0 Å². The summed E-state index contributed by atoms with van der Waals surface area (Å²) in [7, 11) is 1.33. The molecule has 0 radical (unpaired) electrons. The number of carbonyl (C=O) groups is 1. The van der Waals surface area contributed by atoms with Crippen LogP contribution in [0.15, 0.2) is 41.6 Å². The third kappa shape index (κ3) is 4.51. The van der Waals surface area contributed by atoms with Gasteiger partial charge in [0.25, 0.3) is 0 Å². The Hall–Kier alpha value is -3.60. The zero-order valence-corrected chi connectivity index (χ0v) is 17.4. The minimum Gasteiger partial charge on any atom is -0.490 e. The molecule has 2 aromatic carbocycles. The van der Waals surface area contributed by atoms with Gasteiger partial charge in [-0.2, -0.15) is 0 Å². The maximum absolute atomic E-state index is 12.4. The van der Waals surface area contributed by atoms with E-state index in [1.54, 1.807) is 6.92 Å². The number of rotatable bonds is 7. The van der Waals surface area contributed by atoms with E-state index in [0.29, 0.717) is 22.2 Å². The number of amides is 1. The molecule has 0 atom stereocenters. The number of anilines is 1. The SMILES string of the molecule is COc1cc(NC(=O)CSc2nnc(-c3ccc(C)cc3)n2N)c(C)cc1[N+](=O)[O-]. The Morgan fingerprint density at radius 2 is 1.97 bits per heavy atom. The molecule has 3 rings (SSSR count). The fraction of sp³-hybridized carbons (Fsp3) is 0.211. The average molecular weight is 428 g/mol. The lowest BCUT2D eigenvalue weighted by molar-refractivity contribution is -0.385. The van der Waals surface area contributed by atoms with Crippen LogP contribution in [0, 0.1) is 24.0 Å². The van der Waals surface area contributed by atoms with Crippen LogP contribution < -0.4 is 15.9 Å². The van der Waals surface area contributed by atoms with Crippen molar-refractivity contribution in [3.05, 3.63) is 57.6 Å². The number of nitrogens with two attached hydrogens (primary N) is 1. The molecule has 156 valence electrons. The molecule has 0 fully saturated rings. The molecule has 1 heterocycles. The van der Waals surface area contributed by atoms with Crippen molar-refractivity contribution in [3.8, 4) is 17.1 Å². The van der Waals surface area contributed by atoms with Crippen molar-refractivity contribution < 1.29 is 14.5 Å². The van der Waals surface area contributed by atoms with Crippen LogP contribution in [0.4, 0.5) is 11.4 Å². The molecule has 30 heavy (non-hydrogen) atoms. The number of nitrogens with one attached hydrogen (secondary N) is 1. The van der Waals surface area contributed by atoms with Crippen LogP contribution in [0.2, 0.25) is 0 Å². The van der Waals surface area contributed by atoms with Gasteiger partial charge < -0.3 is 15.9 Å². The fourth-order valence-electron chi connectivity index (χ4n) is 2.71. The van der Waals surface area contributed by atoms with E-state index in [1.165, 1.54) is 23.9 Å². The van der Waals surface area contributed by atoms with Gasteiger partial charge in [-0.25, -0.2) is 4.68 Å². The maximum atomic E-state index is 12.4. The van der Waals surface area contributed by atoms with Gasteiger partial charge in [0.05, 0.1) is 17.8 Å². The number of hydrogen-bond donors (Lipinski definition) is 2. The molecule has 3 aromatic rings. The first-order valence-corrected chi connectivity index (χ1v) is 9.82. The number of hydrogen-bond acceptors (Lipinski definition) is 8. The molecule has 0 saturated carbocycles. The number of thioether (sulfide) groups is 1. The Bertz CT molecular complexity index is 1100. The second kappa shape index (κ2) is 8.82. The van der Waals surface area contributed by atoms with Gasteiger partial charge in [0, 0.05) is 23.4 Å². The van der Waals surface area contributed by atoms with Gasteiger partial charge in [0.2, 0.25) is 11.1 Å². The predicted octanol–water partition coefficient (Wildman–Crippen LogP) is 2.92. The highest BCUT2D eigenvalue weighted by atomic mass is 32.2. The summed E-state index contributed by atoms with van der Waals surface area (Å²) in [6.07, 6.45) is 0. The molecule has 10 nitrogen and oxygen atoms in total. The van der Waals surface area contributed by atoms with Crippen LogP contribution in [0.1, 0.15) is 11.1 Å². The zero-order valence-electron chi connectivity index (χ0n) is 16.6. The van der Waals surface area contributed by atoms with E-state index in [-0.39, 0.29) is 23.1 Å². The summed E-state index contributed by atoms with van der Waals surface area (Å²) in [6, 6.07) is 10.5. The minimum atomic E-state index is -0.535. The molecule has 0 aliphatic heterocycles. The highest BCUT2D eigenvalue weighted by Gasteiger charge is 2.19. The van der Waals surface area contributed by atoms with E-state index >= 15 is 0 Å². The molecule has 0 spiro atoms. The molecule has 1 aromatic heterocycles. The molecule has 3 N–H and O–H groups in total. The highest BCUT2D eigenvalue weighted by Crippen LogP contribution is 2.33.